The molecule has 0 unspecified atom stereocenters. The molecule has 1 saturated heterocycles. The van der Waals surface area contributed by atoms with Gasteiger partial charge in [-0.3, -0.25) is 4.79 Å². The predicted octanol–water partition coefficient (Wildman–Crippen LogP) is 3.14. The monoisotopic (exact) mass is 428 g/mol. The minimum absolute atomic E-state index is 0.182. The summed E-state index contributed by atoms with van der Waals surface area (Å²) in [6.07, 6.45) is 4.93. The lowest BCUT2D eigenvalue weighted by molar-refractivity contribution is 0.102. The van der Waals surface area contributed by atoms with E-state index in [1.54, 1.807) is 12.1 Å². The summed E-state index contributed by atoms with van der Waals surface area (Å²) in [5, 5.41) is 3.00. The third-order valence-corrected chi connectivity index (χ3v) is 4.73. The van der Waals surface area contributed by atoms with Crippen molar-refractivity contribution in [1.29, 1.82) is 0 Å². The predicted molar refractivity (Wildman–Crippen MR) is 109 cm³/mol. The van der Waals surface area contributed by atoms with Crippen LogP contribution in [0.1, 0.15) is 23.1 Å². The van der Waals surface area contributed by atoms with E-state index < -0.39 is 11.7 Å². The van der Waals surface area contributed by atoms with E-state index in [1.807, 2.05) is 11.8 Å². The van der Waals surface area contributed by atoms with Crippen LogP contribution >= 0.6 is 11.6 Å². The first kappa shape index (κ1) is 20.0. The zero-order valence-electron chi connectivity index (χ0n) is 16.0. The van der Waals surface area contributed by atoms with Crippen LogP contribution in [-0.2, 0) is 6.42 Å². The molecule has 2 aromatic heterocycles. The summed E-state index contributed by atoms with van der Waals surface area (Å²) in [7, 11) is 0. The summed E-state index contributed by atoms with van der Waals surface area (Å²) >= 11 is 5.86. The van der Waals surface area contributed by atoms with Crippen molar-refractivity contribution in [2.24, 2.45) is 0 Å². The number of aromatic nitrogens is 4. The molecule has 0 bridgehead atoms. The first-order chi connectivity index (χ1) is 14.5. The normalized spacial score (nSPS) is 13.6. The molecule has 0 radical (unpaired) electrons. The Labute approximate surface area is 177 Å². The van der Waals surface area contributed by atoms with E-state index in [4.69, 9.17) is 16.3 Å². The van der Waals surface area contributed by atoms with Crippen molar-refractivity contribution in [3.63, 3.8) is 0 Å². The molecule has 4 rings (SSSR count). The number of nitrogens with zero attached hydrogens (tertiary/aromatic N) is 5. The summed E-state index contributed by atoms with van der Waals surface area (Å²) in [5.74, 6) is 0.322. The van der Waals surface area contributed by atoms with E-state index in [2.05, 4.69) is 25.3 Å². The van der Waals surface area contributed by atoms with E-state index >= 15 is 0 Å². The van der Waals surface area contributed by atoms with Crippen LogP contribution in [0.2, 0.25) is 5.02 Å². The maximum Gasteiger partial charge on any atom is 0.279 e. The van der Waals surface area contributed by atoms with Gasteiger partial charge in [-0.1, -0.05) is 18.5 Å². The van der Waals surface area contributed by atoms with Gasteiger partial charge in [0.15, 0.2) is 11.5 Å². The number of benzene rings is 1. The first-order valence-electron chi connectivity index (χ1n) is 9.33. The molecule has 0 saturated carbocycles. The standard InChI is InChI=1S/C20H18ClFN6O2/c1-2-14-8-17(26-11-25-14)27-20(29)18-19(24-4-3-23-18)28-9-16(10-28)30-15-6-12(21)5-13(22)7-15/h3-8,11,16H,2,9-10H2,1H3,(H,25,26,27,29). The molecule has 1 N–H and O–H groups in total. The summed E-state index contributed by atoms with van der Waals surface area (Å²) in [6.45, 7) is 2.91. The number of halogens is 2. The van der Waals surface area contributed by atoms with Crippen molar-refractivity contribution < 1.29 is 13.9 Å². The highest BCUT2D eigenvalue weighted by Gasteiger charge is 2.33. The van der Waals surface area contributed by atoms with Crippen molar-refractivity contribution in [3.8, 4) is 5.75 Å². The number of ether oxygens (including phenoxy) is 1. The molecule has 0 aliphatic carbocycles. The van der Waals surface area contributed by atoms with Crippen LogP contribution in [0.5, 0.6) is 5.75 Å². The molecular weight excluding hydrogens is 411 g/mol. The number of aryl methyl sites for hydroxylation is 1. The minimum atomic E-state index is -0.461. The van der Waals surface area contributed by atoms with Crippen LogP contribution < -0.4 is 15.0 Å². The molecule has 10 heteroatoms. The molecule has 1 aliphatic rings. The fourth-order valence-corrected chi connectivity index (χ4v) is 3.24. The number of nitrogens with one attached hydrogen (secondary N) is 1. The lowest BCUT2D eigenvalue weighted by atomic mass is 10.1. The van der Waals surface area contributed by atoms with Gasteiger partial charge < -0.3 is 15.0 Å². The molecular formula is C20H18ClFN6O2. The molecule has 0 spiro atoms. The van der Waals surface area contributed by atoms with E-state index in [1.165, 1.54) is 30.9 Å². The number of carbonyl (C=O) groups excluding carboxylic acids is 1. The van der Waals surface area contributed by atoms with Crippen molar-refractivity contribution in [3.05, 3.63) is 65.2 Å². The molecule has 3 aromatic rings. The SMILES string of the molecule is CCc1cc(NC(=O)c2nccnc2N2CC(Oc3cc(F)cc(Cl)c3)C2)ncn1. The molecule has 0 atom stereocenters. The fourth-order valence-electron chi connectivity index (χ4n) is 3.03. The fraction of sp³-hybridized carbons (Fsp3) is 0.250. The molecule has 154 valence electrons. The van der Waals surface area contributed by atoms with E-state index in [0.717, 1.165) is 12.1 Å². The molecule has 1 amide bonds. The Bertz CT molecular complexity index is 1060. The Kier molecular flexibility index (Phi) is 5.71. The van der Waals surface area contributed by atoms with Gasteiger partial charge in [0.25, 0.3) is 5.91 Å². The Morgan fingerprint density at radius 2 is 2.00 bits per heavy atom. The maximum atomic E-state index is 13.5. The molecule has 3 heterocycles. The number of hydrogen-bond acceptors (Lipinski definition) is 7. The topological polar surface area (TPSA) is 93.1 Å². The Hall–Kier alpha value is -3.33. The van der Waals surface area contributed by atoms with Gasteiger partial charge in [0.1, 0.15) is 29.8 Å². The molecule has 8 nitrogen and oxygen atoms in total. The number of rotatable bonds is 6. The van der Waals surface area contributed by atoms with Crippen LogP contribution in [0.15, 0.2) is 43.0 Å². The van der Waals surface area contributed by atoms with Crippen molar-refractivity contribution in [1.82, 2.24) is 19.9 Å². The number of anilines is 2. The van der Waals surface area contributed by atoms with Crippen LogP contribution in [-0.4, -0.2) is 45.0 Å². The quantitative estimate of drug-likeness (QED) is 0.644. The largest absolute Gasteiger partial charge is 0.487 e. The van der Waals surface area contributed by atoms with Gasteiger partial charge in [0.2, 0.25) is 0 Å². The van der Waals surface area contributed by atoms with Gasteiger partial charge in [0, 0.05) is 35.2 Å². The Morgan fingerprint density at radius 3 is 2.77 bits per heavy atom. The zero-order valence-corrected chi connectivity index (χ0v) is 16.8. The van der Waals surface area contributed by atoms with Gasteiger partial charge in [-0.05, 0) is 18.6 Å². The van der Waals surface area contributed by atoms with Crippen molar-refractivity contribution in [2.45, 2.75) is 19.4 Å². The molecule has 30 heavy (non-hydrogen) atoms. The van der Waals surface area contributed by atoms with E-state index in [0.29, 0.717) is 30.5 Å². The van der Waals surface area contributed by atoms with Gasteiger partial charge in [-0.15, -0.1) is 0 Å². The first-order valence-corrected chi connectivity index (χ1v) is 9.70. The van der Waals surface area contributed by atoms with Gasteiger partial charge >= 0.3 is 0 Å². The van der Waals surface area contributed by atoms with Crippen LogP contribution in [0.4, 0.5) is 16.0 Å². The average molecular weight is 429 g/mol. The van der Waals surface area contributed by atoms with Crippen LogP contribution in [0.3, 0.4) is 0 Å². The Morgan fingerprint density at radius 1 is 1.20 bits per heavy atom. The summed E-state index contributed by atoms with van der Waals surface area (Å²) < 4.78 is 19.2. The van der Waals surface area contributed by atoms with Gasteiger partial charge in [-0.25, -0.2) is 24.3 Å². The number of amides is 1. The van der Waals surface area contributed by atoms with Crippen LogP contribution in [0.25, 0.3) is 0 Å². The lowest BCUT2D eigenvalue weighted by Crippen LogP contribution is -2.54. The highest BCUT2D eigenvalue weighted by atomic mass is 35.5. The molecule has 1 aliphatic heterocycles. The number of carbonyl (C=O) groups is 1. The lowest BCUT2D eigenvalue weighted by Gasteiger charge is -2.40. The third-order valence-electron chi connectivity index (χ3n) is 4.51. The van der Waals surface area contributed by atoms with Crippen molar-refractivity contribution in [2.75, 3.05) is 23.3 Å². The minimum Gasteiger partial charge on any atom is -0.487 e. The molecule has 1 fully saturated rings. The van der Waals surface area contributed by atoms with Gasteiger partial charge in [0.05, 0.1) is 13.1 Å². The van der Waals surface area contributed by atoms with E-state index in [9.17, 15) is 9.18 Å². The Balaban J connectivity index is 1.43. The van der Waals surface area contributed by atoms with E-state index in [-0.39, 0.29) is 16.8 Å². The highest BCUT2D eigenvalue weighted by molar-refractivity contribution is 6.30. The second-order valence-corrected chi connectivity index (χ2v) is 7.12. The second kappa shape index (κ2) is 8.58. The zero-order chi connectivity index (χ0) is 21.1. The maximum absolute atomic E-state index is 13.5. The van der Waals surface area contributed by atoms with Crippen LogP contribution in [0, 0.1) is 5.82 Å². The van der Waals surface area contributed by atoms with Crippen molar-refractivity contribution >= 4 is 29.1 Å². The molecule has 1 aromatic carbocycles. The number of hydrogen-bond donors (Lipinski definition) is 1. The summed E-state index contributed by atoms with van der Waals surface area (Å²) in [4.78, 5) is 31.3. The third kappa shape index (κ3) is 4.46. The van der Waals surface area contributed by atoms with Gasteiger partial charge in [-0.2, -0.15) is 0 Å². The smallest absolute Gasteiger partial charge is 0.279 e. The summed E-state index contributed by atoms with van der Waals surface area (Å²) in [6, 6.07) is 5.77. The highest BCUT2D eigenvalue weighted by Crippen LogP contribution is 2.27. The summed E-state index contributed by atoms with van der Waals surface area (Å²) in [5.41, 5.74) is 1.00. The average Bonchev–Trinajstić information content (AvgIpc) is 2.70. The second-order valence-electron chi connectivity index (χ2n) is 6.68.